The van der Waals surface area contributed by atoms with Gasteiger partial charge in [0.15, 0.2) is 0 Å². The number of benzene rings is 1. The topological polar surface area (TPSA) is 52.3 Å². The van der Waals surface area contributed by atoms with Crippen molar-refractivity contribution in [1.29, 1.82) is 0 Å². The lowest BCUT2D eigenvalue weighted by atomic mass is 10.0. The van der Waals surface area contributed by atoms with Crippen LogP contribution in [-0.2, 0) is 9.53 Å². The fourth-order valence-electron chi connectivity index (χ4n) is 1.17. The molecule has 0 aliphatic carbocycles. The summed E-state index contributed by atoms with van der Waals surface area (Å²) in [6.45, 7) is 0. The number of hydrogen-bond donors (Lipinski definition) is 1. The predicted molar refractivity (Wildman–Crippen MR) is 55.0 cm³/mol. The highest BCUT2D eigenvalue weighted by molar-refractivity contribution is 6.30. The molecular weight excluding hydrogens is 221 g/mol. The van der Waals surface area contributed by atoms with Crippen molar-refractivity contribution >= 4 is 17.6 Å². The molecule has 0 aliphatic rings. The Balaban J connectivity index is 2.85. The molecule has 1 aromatic rings. The molecule has 5 heteroatoms. The molecular formula is C10H11ClFNO2. The van der Waals surface area contributed by atoms with E-state index in [4.69, 9.17) is 17.3 Å². The first-order chi connectivity index (χ1) is 7.04. The van der Waals surface area contributed by atoms with E-state index in [1.165, 1.54) is 25.3 Å². The lowest BCUT2D eigenvalue weighted by Crippen LogP contribution is -2.17. The van der Waals surface area contributed by atoms with Gasteiger partial charge in [0.05, 0.1) is 13.5 Å². The van der Waals surface area contributed by atoms with Crippen molar-refractivity contribution in [3.63, 3.8) is 0 Å². The van der Waals surface area contributed by atoms with Crippen molar-refractivity contribution in [3.8, 4) is 0 Å². The van der Waals surface area contributed by atoms with Crippen molar-refractivity contribution in [2.45, 2.75) is 12.5 Å². The maximum absolute atomic E-state index is 13.3. The first-order valence-corrected chi connectivity index (χ1v) is 4.69. The van der Waals surface area contributed by atoms with E-state index in [0.717, 1.165) is 0 Å². The van der Waals surface area contributed by atoms with Crippen molar-refractivity contribution in [3.05, 3.63) is 34.6 Å². The zero-order valence-corrected chi connectivity index (χ0v) is 8.92. The van der Waals surface area contributed by atoms with Gasteiger partial charge in [-0.15, -0.1) is 0 Å². The minimum Gasteiger partial charge on any atom is -0.469 e. The molecule has 1 atom stereocenters. The summed E-state index contributed by atoms with van der Waals surface area (Å²) in [5.74, 6) is -0.960. The van der Waals surface area contributed by atoms with Crippen molar-refractivity contribution in [1.82, 2.24) is 0 Å². The monoisotopic (exact) mass is 231 g/mol. The smallest absolute Gasteiger partial charge is 0.307 e. The van der Waals surface area contributed by atoms with Gasteiger partial charge in [-0.05, 0) is 18.2 Å². The Morgan fingerprint density at radius 1 is 1.67 bits per heavy atom. The summed E-state index contributed by atoms with van der Waals surface area (Å²) in [6, 6.07) is 3.31. The average Bonchev–Trinajstić information content (AvgIpc) is 2.21. The molecule has 0 spiro atoms. The Morgan fingerprint density at radius 3 is 2.93 bits per heavy atom. The van der Waals surface area contributed by atoms with Gasteiger partial charge < -0.3 is 10.5 Å². The van der Waals surface area contributed by atoms with Crippen LogP contribution in [0.2, 0.25) is 5.02 Å². The Labute approximate surface area is 92.0 Å². The maximum Gasteiger partial charge on any atom is 0.307 e. The van der Waals surface area contributed by atoms with E-state index in [9.17, 15) is 9.18 Å². The molecule has 0 fully saturated rings. The number of ether oxygens (including phenoxy) is 1. The van der Waals surface area contributed by atoms with Crippen LogP contribution in [0, 0.1) is 5.82 Å². The van der Waals surface area contributed by atoms with Crippen molar-refractivity contribution in [2.75, 3.05) is 7.11 Å². The third-order valence-electron chi connectivity index (χ3n) is 1.97. The van der Waals surface area contributed by atoms with Gasteiger partial charge in [0, 0.05) is 16.6 Å². The average molecular weight is 232 g/mol. The standard InChI is InChI=1S/C10H11ClFNO2/c1-15-10(14)5-9(13)7-4-6(11)2-3-8(7)12/h2-4,9H,5,13H2,1H3/t9-/m1/s1. The van der Waals surface area contributed by atoms with E-state index in [-0.39, 0.29) is 12.0 Å². The van der Waals surface area contributed by atoms with Gasteiger partial charge in [-0.1, -0.05) is 11.6 Å². The summed E-state index contributed by atoms with van der Waals surface area (Å²) < 4.78 is 17.7. The van der Waals surface area contributed by atoms with Gasteiger partial charge in [-0.25, -0.2) is 4.39 Å². The van der Waals surface area contributed by atoms with Crippen LogP contribution < -0.4 is 5.73 Å². The Morgan fingerprint density at radius 2 is 2.33 bits per heavy atom. The molecule has 15 heavy (non-hydrogen) atoms. The molecule has 0 saturated carbocycles. The number of methoxy groups -OCH3 is 1. The molecule has 0 aromatic heterocycles. The molecule has 0 amide bonds. The highest BCUT2D eigenvalue weighted by atomic mass is 35.5. The van der Waals surface area contributed by atoms with Gasteiger partial charge in [0.2, 0.25) is 0 Å². The van der Waals surface area contributed by atoms with Crippen LogP contribution >= 0.6 is 11.6 Å². The second-order valence-electron chi connectivity index (χ2n) is 3.05. The molecule has 0 radical (unpaired) electrons. The first kappa shape index (κ1) is 11.9. The lowest BCUT2D eigenvalue weighted by Gasteiger charge is -2.11. The summed E-state index contributed by atoms with van der Waals surface area (Å²) in [4.78, 5) is 10.9. The Kier molecular flexibility index (Phi) is 4.05. The van der Waals surface area contributed by atoms with Crippen molar-refractivity contribution < 1.29 is 13.9 Å². The van der Waals surface area contributed by atoms with E-state index in [1.807, 2.05) is 0 Å². The van der Waals surface area contributed by atoms with Crippen LogP contribution in [0.25, 0.3) is 0 Å². The maximum atomic E-state index is 13.3. The van der Waals surface area contributed by atoms with Crippen LogP contribution in [0.15, 0.2) is 18.2 Å². The fraction of sp³-hybridized carbons (Fsp3) is 0.300. The molecule has 2 N–H and O–H groups in total. The summed E-state index contributed by atoms with van der Waals surface area (Å²) >= 11 is 5.69. The summed E-state index contributed by atoms with van der Waals surface area (Å²) in [5, 5.41) is 0.381. The van der Waals surface area contributed by atoms with Crippen LogP contribution in [-0.4, -0.2) is 13.1 Å². The number of esters is 1. The van der Waals surface area contributed by atoms with Crippen LogP contribution in [0.5, 0.6) is 0 Å². The van der Waals surface area contributed by atoms with Crippen LogP contribution in [0.4, 0.5) is 4.39 Å². The summed E-state index contributed by atoms with van der Waals surface area (Å²) in [6.07, 6.45) is -0.0756. The van der Waals surface area contributed by atoms with Gasteiger partial charge in [-0.2, -0.15) is 0 Å². The Bertz CT molecular complexity index is 370. The molecule has 0 aliphatic heterocycles. The highest BCUT2D eigenvalue weighted by Gasteiger charge is 2.15. The highest BCUT2D eigenvalue weighted by Crippen LogP contribution is 2.22. The summed E-state index contributed by atoms with van der Waals surface area (Å²) in [7, 11) is 1.25. The SMILES string of the molecule is COC(=O)C[C@@H](N)c1cc(Cl)ccc1F. The number of halogens is 2. The Hall–Kier alpha value is -1.13. The largest absolute Gasteiger partial charge is 0.469 e. The van der Waals surface area contributed by atoms with E-state index >= 15 is 0 Å². The number of carbonyl (C=O) groups is 1. The third kappa shape index (κ3) is 3.18. The lowest BCUT2D eigenvalue weighted by molar-refractivity contribution is -0.141. The first-order valence-electron chi connectivity index (χ1n) is 4.32. The predicted octanol–water partition coefficient (Wildman–Crippen LogP) is 2.04. The number of hydrogen-bond acceptors (Lipinski definition) is 3. The zero-order chi connectivity index (χ0) is 11.4. The second kappa shape index (κ2) is 5.09. The van der Waals surface area contributed by atoms with E-state index in [1.54, 1.807) is 0 Å². The summed E-state index contributed by atoms with van der Waals surface area (Å²) in [5.41, 5.74) is 5.86. The number of rotatable bonds is 3. The van der Waals surface area contributed by atoms with Crippen LogP contribution in [0.1, 0.15) is 18.0 Å². The van der Waals surface area contributed by atoms with Gasteiger partial charge >= 0.3 is 5.97 Å². The minimum atomic E-state index is -0.740. The van der Waals surface area contributed by atoms with Crippen LogP contribution in [0.3, 0.4) is 0 Å². The molecule has 0 bridgehead atoms. The van der Waals surface area contributed by atoms with Crippen molar-refractivity contribution in [2.24, 2.45) is 5.73 Å². The quantitative estimate of drug-likeness (QED) is 0.810. The fourth-order valence-corrected chi connectivity index (χ4v) is 1.35. The van der Waals surface area contributed by atoms with Gasteiger partial charge in [0.25, 0.3) is 0 Å². The minimum absolute atomic E-state index is 0.0756. The second-order valence-corrected chi connectivity index (χ2v) is 3.49. The molecule has 0 unspecified atom stereocenters. The molecule has 1 aromatic carbocycles. The molecule has 0 heterocycles. The normalized spacial score (nSPS) is 12.3. The number of nitrogens with two attached hydrogens (primary N) is 1. The zero-order valence-electron chi connectivity index (χ0n) is 8.17. The van der Waals surface area contributed by atoms with Gasteiger partial charge in [-0.3, -0.25) is 4.79 Å². The van der Waals surface area contributed by atoms with Gasteiger partial charge in [0.1, 0.15) is 5.82 Å². The molecule has 82 valence electrons. The van der Waals surface area contributed by atoms with E-state index in [0.29, 0.717) is 5.02 Å². The number of carbonyl (C=O) groups excluding carboxylic acids is 1. The van der Waals surface area contributed by atoms with E-state index < -0.39 is 17.8 Å². The van der Waals surface area contributed by atoms with E-state index in [2.05, 4.69) is 4.74 Å². The third-order valence-corrected chi connectivity index (χ3v) is 2.21. The molecule has 0 saturated heterocycles. The molecule has 1 rings (SSSR count). The molecule has 3 nitrogen and oxygen atoms in total.